The van der Waals surface area contributed by atoms with E-state index in [4.69, 9.17) is 4.74 Å². The maximum absolute atomic E-state index is 5.43. The Morgan fingerprint density at radius 1 is 1.35 bits per heavy atom. The van der Waals surface area contributed by atoms with Gasteiger partial charge in [0, 0.05) is 6.04 Å². The van der Waals surface area contributed by atoms with E-state index in [0.717, 1.165) is 11.4 Å². The molecule has 1 atom stereocenters. The van der Waals surface area contributed by atoms with Crippen molar-refractivity contribution in [3.8, 4) is 5.75 Å². The zero-order chi connectivity index (χ0) is 13.2. The molecule has 98 valence electrons. The van der Waals surface area contributed by atoms with E-state index in [9.17, 15) is 0 Å². The first kappa shape index (κ1) is 14.0. The smallest absolute Gasteiger partial charge is 0.161 e. The summed E-state index contributed by atoms with van der Waals surface area (Å²) in [5.41, 5.74) is 1.23. The lowest BCUT2D eigenvalue weighted by atomic mass is 9.84. The highest BCUT2D eigenvalue weighted by Crippen LogP contribution is 2.38. The molecule has 17 heavy (non-hydrogen) atoms. The Labute approximate surface area is 104 Å². The molecule has 1 rings (SSSR count). The minimum Gasteiger partial charge on any atom is -0.493 e. The van der Waals surface area contributed by atoms with Crippen LogP contribution in [0.3, 0.4) is 0 Å². The summed E-state index contributed by atoms with van der Waals surface area (Å²) in [5, 5.41) is 7.79. The first-order valence-corrected chi connectivity index (χ1v) is 6.11. The third kappa shape index (κ3) is 2.80. The molecule has 1 heterocycles. The summed E-state index contributed by atoms with van der Waals surface area (Å²) in [7, 11) is 3.67. The molecule has 0 aliphatic heterocycles. The highest BCUT2D eigenvalue weighted by atomic mass is 16.5. The largest absolute Gasteiger partial charge is 0.493 e. The molecule has 0 saturated heterocycles. The second-order valence-corrected chi connectivity index (χ2v) is 5.72. The van der Waals surface area contributed by atoms with Gasteiger partial charge in [-0.2, -0.15) is 5.10 Å². The minimum absolute atomic E-state index is 0.106. The Balaban J connectivity index is 3.29. The number of hydrogen-bond donors (Lipinski definition) is 1. The zero-order valence-corrected chi connectivity index (χ0v) is 12.0. The molecule has 4 heteroatoms. The number of nitrogens with zero attached hydrogens (tertiary/aromatic N) is 2. The lowest BCUT2D eigenvalue weighted by molar-refractivity contribution is 0.259. The lowest BCUT2D eigenvalue weighted by Crippen LogP contribution is -2.32. The van der Waals surface area contributed by atoms with Crippen molar-refractivity contribution in [3.63, 3.8) is 0 Å². The van der Waals surface area contributed by atoms with Gasteiger partial charge in [0.2, 0.25) is 0 Å². The molecule has 0 aliphatic carbocycles. The topological polar surface area (TPSA) is 39.1 Å². The van der Waals surface area contributed by atoms with Crippen LogP contribution in [0.4, 0.5) is 0 Å². The quantitative estimate of drug-likeness (QED) is 0.878. The fraction of sp³-hybridized carbons (Fsp3) is 0.769. The van der Waals surface area contributed by atoms with E-state index < -0.39 is 0 Å². The van der Waals surface area contributed by atoms with Crippen LogP contribution >= 0.6 is 0 Å². The summed E-state index contributed by atoms with van der Waals surface area (Å²) in [6.45, 7) is 10.9. The van der Waals surface area contributed by atoms with E-state index in [1.165, 1.54) is 0 Å². The molecular weight excluding hydrogens is 214 g/mol. The molecule has 0 aromatic carbocycles. The molecule has 0 saturated carbocycles. The van der Waals surface area contributed by atoms with Crippen LogP contribution in [0, 0.1) is 5.41 Å². The number of hydrogen-bond acceptors (Lipinski definition) is 3. The number of rotatable bonds is 4. The molecule has 0 spiro atoms. The lowest BCUT2D eigenvalue weighted by Gasteiger charge is -2.32. The van der Waals surface area contributed by atoms with Gasteiger partial charge in [-0.25, -0.2) is 0 Å². The van der Waals surface area contributed by atoms with Crippen molar-refractivity contribution in [2.24, 2.45) is 5.41 Å². The maximum atomic E-state index is 5.43. The second-order valence-electron chi connectivity index (χ2n) is 5.72. The monoisotopic (exact) mass is 239 g/mol. The van der Waals surface area contributed by atoms with Gasteiger partial charge in [-0.05, 0) is 26.3 Å². The standard InChI is InChI=1S/C13H25N3O/c1-9(2)16-11(10(17-7)8-15-16)12(14-6)13(3,4)5/h8-9,12,14H,1-7H3. The molecule has 1 aromatic rings. The molecule has 0 radical (unpaired) electrons. The predicted molar refractivity (Wildman–Crippen MR) is 70.4 cm³/mol. The van der Waals surface area contributed by atoms with Crippen molar-refractivity contribution < 1.29 is 4.74 Å². The first-order valence-electron chi connectivity index (χ1n) is 6.11. The molecule has 0 aliphatic rings. The van der Waals surface area contributed by atoms with Gasteiger partial charge >= 0.3 is 0 Å². The summed E-state index contributed by atoms with van der Waals surface area (Å²) in [6.07, 6.45) is 1.80. The average molecular weight is 239 g/mol. The maximum Gasteiger partial charge on any atom is 0.161 e. The van der Waals surface area contributed by atoms with Crippen molar-refractivity contribution in [2.75, 3.05) is 14.2 Å². The Bertz CT molecular complexity index is 363. The van der Waals surface area contributed by atoms with Crippen LogP contribution in [0.5, 0.6) is 5.75 Å². The first-order chi connectivity index (χ1) is 7.82. The normalized spacial score (nSPS) is 14.1. The van der Waals surface area contributed by atoms with Crippen LogP contribution in [-0.4, -0.2) is 23.9 Å². The van der Waals surface area contributed by atoms with Crippen LogP contribution in [-0.2, 0) is 0 Å². The number of methoxy groups -OCH3 is 1. The molecule has 1 N–H and O–H groups in total. The molecular formula is C13H25N3O. The van der Waals surface area contributed by atoms with Crippen LogP contribution in [0.1, 0.15) is 52.4 Å². The van der Waals surface area contributed by atoms with Gasteiger partial charge in [0.15, 0.2) is 5.75 Å². The fourth-order valence-corrected chi connectivity index (χ4v) is 2.18. The van der Waals surface area contributed by atoms with E-state index in [-0.39, 0.29) is 11.5 Å². The summed E-state index contributed by atoms with van der Waals surface area (Å²) in [6, 6.07) is 0.537. The van der Waals surface area contributed by atoms with Gasteiger partial charge in [0.25, 0.3) is 0 Å². The molecule has 0 bridgehead atoms. The third-order valence-corrected chi connectivity index (χ3v) is 2.94. The number of ether oxygens (including phenoxy) is 1. The van der Waals surface area contributed by atoms with Crippen LogP contribution in [0.2, 0.25) is 0 Å². The number of aromatic nitrogens is 2. The highest BCUT2D eigenvalue weighted by molar-refractivity contribution is 5.30. The molecule has 0 fully saturated rings. The van der Waals surface area contributed by atoms with Crippen LogP contribution < -0.4 is 10.1 Å². The SMILES string of the molecule is CNC(c1c(OC)cnn1C(C)C)C(C)(C)C. The number of nitrogens with one attached hydrogen (secondary N) is 1. The summed E-state index contributed by atoms with van der Waals surface area (Å²) in [5.74, 6) is 0.855. The summed E-state index contributed by atoms with van der Waals surface area (Å²) < 4.78 is 7.46. The Morgan fingerprint density at radius 2 is 1.94 bits per heavy atom. The van der Waals surface area contributed by atoms with Crippen LogP contribution in [0.25, 0.3) is 0 Å². The third-order valence-electron chi connectivity index (χ3n) is 2.94. The van der Waals surface area contributed by atoms with E-state index in [2.05, 4.69) is 45.0 Å². The summed E-state index contributed by atoms with van der Waals surface area (Å²) in [4.78, 5) is 0. The van der Waals surface area contributed by atoms with Crippen LogP contribution in [0.15, 0.2) is 6.20 Å². The van der Waals surface area contributed by atoms with E-state index in [1.54, 1.807) is 13.3 Å². The molecule has 0 amide bonds. The van der Waals surface area contributed by atoms with Gasteiger partial charge in [0.05, 0.1) is 25.0 Å². The Kier molecular flexibility index (Phi) is 4.20. The van der Waals surface area contributed by atoms with Crippen molar-refractivity contribution in [1.29, 1.82) is 0 Å². The highest BCUT2D eigenvalue weighted by Gasteiger charge is 2.31. The fourth-order valence-electron chi connectivity index (χ4n) is 2.18. The van der Waals surface area contributed by atoms with Gasteiger partial charge in [-0.1, -0.05) is 20.8 Å². The van der Waals surface area contributed by atoms with Crippen molar-refractivity contribution in [3.05, 3.63) is 11.9 Å². The van der Waals surface area contributed by atoms with Crippen molar-refractivity contribution in [1.82, 2.24) is 15.1 Å². The Morgan fingerprint density at radius 3 is 2.29 bits per heavy atom. The Hall–Kier alpha value is -1.03. The van der Waals surface area contributed by atoms with Gasteiger partial charge in [0.1, 0.15) is 0 Å². The average Bonchev–Trinajstić information content (AvgIpc) is 2.60. The molecule has 4 nitrogen and oxygen atoms in total. The van der Waals surface area contributed by atoms with Crippen molar-refractivity contribution >= 4 is 0 Å². The van der Waals surface area contributed by atoms with Gasteiger partial charge in [-0.15, -0.1) is 0 Å². The second kappa shape index (κ2) is 5.08. The zero-order valence-electron chi connectivity index (χ0n) is 12.0. The summed E-state index contributed by atoms with van der Waals surface area (Å²) >= 11 is 0. The van der Waals surface area contributed by atoms with Gasteiger partial charge in [-0.3, -0.25) is 4.68 Å². The van der Waals surface area contributed by atoms with E-state index in [1.807, 2.05) is 11.7 Å². The molecule has 1 aromatic heterocycles. The molecule has 1 unspecified atom stereocenters. The van der Waals surface area contributed by atoms with Gasteiger partial charge < -0.3 is 10.1 Å². The predicted octanol–water partition coefficient (Wildman–Crippen LogP) is 2.78. The van der Waals surface area contributed by atoms with Crippen molar-refractivity contribution in [2.45, 2.75) is 46.7 Å². The van der Waals surface area contributed by atoms with E-state index >= 15 is 0 Å². The van der Waals surface area contributed by atoms with E-state index in [0.29, 0.717) is 6.04 Å². The minimum atomic E-state index is 0.106.